The number of carbonyl (C=O) groups is 1. The van der Waals surface area contributed by atoms with E-state index in [0.29, 0.717) is 19.1 Å². The molecule has 6 heteroatoms. The Hall–Kier alpha value is -1.40. The molecule has 3 heterocycles. The molecule has 1 aromatic rings. The molecule has 0 unspecified atom stereocenters. The molecule has 1 amide bonds. The van der Waals surface area contributed by atoms with Gasteiger partial charge in [-0.3, -0.25) is 9.69 Å². The smallest absolute Gasteiger partial charge is 0.227 e. The van der Waals surface area contributed by atoms with Gasteiger partial charge in [0.05, 0.1) is 24.8 Å². The molecule has 0 aliphatic carbocycles. The van der Waals surface area contributed by atoms with Crippen molar-refractivity contribution in [3.05, 3.63) is 17.0 Å². The molecule has 122 valence electrons. The number of amides is 1. The van der Waals surface area contributed by atoms with Crippen molar-refractivity contribution in [2.45, 2.75) is 33.2 Å². The molecule has 1 atom stereocenters. The van der Waals surface area contributed by atoms with Crippen LogP contribution in [0.15, 0.2) is 4.52 Å². The predicted molar refractivity (Wildman–Crippen MR) is 81.4 cm³/mol. The Bertz CT molecular complexity index is 503. The van der Waals surface area contributed by atoms with E-state index < -0.39 is 0 Å². The lowest BCUT2D eigenvalue weighted by atomic mass is 9.95. The first-order valence-electron chi connectivity index (χ1n) is 8.16. The first kappa shape index (κ1) is 15.5. The summed E-state index contributed by atoms with van der Waals surface area (Å²) in [5, 5.41) is 4.02. The number of aryl methyl sites for hydroxylation is 2. The fourth-order valence-corrected chi connectivity index (χ4v) is 3.39. The van der Waals surface area contributed by atoms with Gasteiger partial charge in [0.15, 0.2) is 0 Å². The number of ether oxygens (including phenoxy) is 1. The van der Waals surface area contributed by atoms with Crippen molar-refractivity contribution in [2.24, 2.45) is 5.92 Å². The summed E-state index contributed by atoms with van der Waals surface area (Å²) in [6.07, 6.45) is 2.07. The van der Waals surface area contributed by atoms with Crippen molar-refractivity contribution in [3.63, 3.8) is 0 Å². The summed E-state index contributed by atoms with van der Waals surface area (Å²) < 4.78 is 10.6. The molecule has 1 aromatic heterocycles. The highest BCUT2D eigenvalue weighted by molar-refractivity contribution is 5.79. The number of hydrogen-bond acceptors (Lipinski definition) is 5. The van der Waals surface area contributed by atoms with E-state index in [2.05, 4.69) is 10.1 Å². The maximum Gasteiger partial charge on any atom is 0.227 e. The van der Waals surface area contributed by atoms with Crippen LogP contribution in [-0.4, -0.2) is 60.3 Å². The summed E-state index contributed by atoms with van der Waals surface area (Å²) in [6.45, 7) is 9.44. The molecule has 2 aliphatic heterocycles. The summed E-state index contributed by atoms with van der Waals surface area (Å²) in [7, 11) is 0. The van der Waals surface area contributed by atoms with Gasteiger partial charge in [-0.1, -0.05) is 5.16 Å². The Morgan fingerprint density at radius 2 is 2.05 bits per heavy atom. The van der Waals surface area contributed by atoms with E-state index in [-0.39, 0.29) is 5.92 Å². The highest BCUT2D eigenvalue weighted by Crippen LogP contribution is 2.23. The highest BCUT2D eigenvalue weighted by atomic mass is 16.5. The minimum Gasteiger partial charge on any atom is -0.378 e. The van der Waals surface area contributed by atoms with Crippen LogP contribution >= 0.6 is 0 Å². The number of aromatic nitrogens is 1. The van der Waals surface area contributed by atoms with Gasteiger partial charge in [0.1, 0.15) is 5.76 Å². The molecule has 0 saturated carbocycles. The molecule has 0 bridgehead atoms. The molecule has 0 N–H and O–H groups in total. The van der Waals surface area contributed by atoms with Crippen molar-refractivity contribution in [1.29, 1.82) is 0 Å². The fourth-order valence-electron chi connectivity index (χ4n) is 3.39. The van der Waals surface area contributed by atoms with Gasteiger partial charge in [-0.2, -0.15) is 0 Å². The number of rotatable bonds is 3. The van der Waals surface area contributed by atoms with Crippen molar-refractivity contribution < 1.29 is 14.1 Å². The van der Waals surface area contributed by atoms with Crippen LogP contribution in [0.5, 0.6) is 0 Å². The van der Waals surface area contributed by atoms with E-state index in [0.717, 1.165) is 57.0 Å². The lowest BCUT2D eigenvalue weighted by Crippen LogP contribution is -2.48. The van der Waals surface area contributed by atoms with Crippen LogP contribution in [0.3, 0.4) is 0 Å². The van der Waals surface area contributed by atoms with Crippen molar-refractivity contribution in [3.8, 4) is 0 Å². The molecule has 22 heavy (non-hydrogen) atoms. The Kier molecular flexibility index (Phi) is 4.78. The molecular formula is C16H25N3O3. The van der Waals surface area contributed by atoms with Gasteiger partial charge in [-0.05, 0) is 33.2 Å². The topological polar surface area (TPSA) is 58.8 Å². The van der Waals surface area contributed by atoms with Gasteiger partial charge in [-0.25, -0.2) is 0 Å². The van der Waals surface area contributed by atoms with Gasteiger partial charge in [0.25, 0.3) is 0 Å². The van der Waals surface area contributed by atoms with Crippen LogP contribution in [0.4, 0.5) is 0 Å². The first-order chi connectivity index (χ1) is 10.6. The average molecular weight is 307 g/mol. The van der Waals surface area contributed by atoms with E-state index >= 15 is 0 Å². The number of likely N-dealkylation sites (tertiary alicyclic amines) is 1. The second-order valence-electron chi connectivity index (χ2n) is 6.31. The number of nitrogens with zero attached hydrogens (tertiary/aromatic N) is 3. The van der Waals surface area contributed by atoms with E-state index in [1.807, 2.05) is 18.7 Å². The lowest BCUT2D eigenvalue weighted by Gasteiger charge is -2.36. The molecular weight excluding hydrogens is 282 g/mol. The van der Waals surface area contributed by atoms with Crippen LogP contribution in [0.25, 0.3) is 0 Å². The molecule has 2 saturated heterocycles. The van der Waals surface area contributed by atoms with Gasteiger partial charge in [0.2, 0.25) is 5.91 Å². The van der Waals surface area contributed by atoms with Crippen LogP contribution in [0.2, 0.25) is 0 Å². The summed E-state index contributed by atoms with van der Waals surface area (Å²) in [5.41, 5.74) is 2.12. The van der Waals surface area contributed by atoms with Crippen molar-refractivity contribution >= 4 is 5.91 Å². The third-order valence-corrected chi connectivity index (χ3v) is 4.74. The second-order valence-corrected chi connectivity index (χ2v) is 6.31. The number of morpholine rings is 1. The quantitative estimate of drug-likeness (QED) is 0.844. The van der Waals surface area contributed by atoms with E-state index in [4.69, 9.17) is 9.26 Å². The van der Waals surface area contributed by atoms with Crippen molar-refractivity contribution in [1.82, 2.24) is 15.0 Å². The number of hydrogen-bond donors (Lipinski definition) is 0. The Morgan fingerprint density at radius 3 is 2.73 bits per heavy atom. The van der Waals surface area contributed by atoms with Gasteiger partial charge < -0.3 is 14.2 Å². The van der Waals surface area contributed by atoms with Gasteiger partial charge in [0, 0.05) is 31.7 Å². The predicted octanol–water partition coefficient (Wildman–Crippen LogP) is 1.36. The summed E-state index contributed by atoms with van der Waals surface area (Å²) >= 11 is 0. The maximum atomic E-state index is 12.6. The summed E-state index contributed by atoms with van der Waals surface area (Å²) in [4.78, 5) is 17.0. The number of carbonyl (C=O) groups excluding carboxylic acids is 1. The molecule has 2 fully saturated rings. The molecule has 2 aliphatic rings. The van der Waals surface area contributed by atoms with E-state index in [9.17, 15) is 4.79 Å². The zero-order chi connectivity index (χ0) is 15.5. The normalized spacial score (nSPS) is 23.7. The first-order valence-corrected chi connectivity index (χ1v) is 8.16. The van der Waals surface area contributed by atoms with Crippen LogP contribution < -0.4 is 0 Å². The summed E-state index contributed by atoms with van der Waals surface area (Å²) in [6, 6.07) is 0. The fraction of sp³-hybridized carbons (Fsp3) is 0.750. The van der Waals surface area contributed by atoms with E-state index in [1.54, 1.807) is 0 Å². The summed E-state index contributed by atoms with van der Waals surface area (Å²) in [5.74, 6) is 1.30. The Morgan fingerprint density at radius 1 is 1.27 bits per heavy atom. The van der Waals surface area contributed by atoms with Gasteiger partial charge >= 0.3 is 0 Å². The molecule has 3 rings (SSSR count). The standard InChI is InChI=1S/C16H25N3O3/c1-12-15(13(2)22-17-12)11-18-5-3-4-14(10-18)16(20)19-6-8-21-9-7-19/h14H,3-11H2,1-2H3/t14-/m0/s1. The highest BCUT2D eigenvalue weighted by Gasteiger charge is 2.30. The third-order valence-electron chi connectivity index (χ3n) is 4.74. The maximum absolute atomic E-state index is 12.6. The van der Waals surface area contributed by atoms with Crippen LogP contribution in [0.1, 0.15) is 29.9 Å². The zero-order valence-corrected chi connectivity index (χ0v) is 13.5. The molecule has 6 nitrogen and oxygen atoms in total. The third kappa shape index (κ3) is 3.33. The monoisotopic (exact) mass is 307 g/mol. The molecule has 0 radical (unpaired) electrons. The lowest BCUT2D eigenvalue weighted by molar-refractivity contribution is -0.141. The molecule has 0 aromatic carbocycles. The molecule has 0 spiro atoms. The second kappa shape index (κ2) is 6.79. The SMILES string of the molecule is Cc1noc(C)c1CN1CCC[C@H](C(=O)N2CCOCC2)C1. The zero-order valence-electron chi connectivity index (χ0n) is 13.5. The largest absolute Gasteiger partial charge is 0.378 e. The minimum absolute atomic E-state index is 0.118. The minimum atomic E-state index is 0.118. The Labute approximate surface area is 131 Å². The van der Waals surface area contributed by atoms with Crippen LogP contribution in [0, 0.1) is 19.8 Å². The van der Waals surface area contributed by atoms with E-state index in [1.165, 1.54) is 5.56 Å². The van der Waals surface area contributed by atoms with Gasteiger partial charge in [-0.15, -0.1) is 0 Å². The van der Waals surface area contributed by atoms with Crippen molar-refractivity contribution in [2.75, 3.05) is 39.4 Å². The van der Waals surface area contributed by atoms with Crippen LogP contribution in [-0.2, 0) is 16.1 Å². The Balaban J connectivity index is 1.60. The average Bonchev–Trinajstić information content (AvgIpc) is 2.87. The number of piperidine rings is 1.